The van der Waals surface area contributed by atoms with Gasteiger partial charge < -0.3 is 81.7 Å². The van der Waals surface area contributed by atoms with Gasteiger partial charge in [-0.25, -0.2) is 0 Å². The summed E-state index contributed by atoms with van der Waals surface area (Å²) in [5.74, 6) is -1.12. The summed E-state index contributed by atoms with van der Waals surface area (Å²) in [6.45, 7) is 9.07. The number of aryl methyl sites for hydroxylation is 2. The number of nitrogens with zero attached hydrogens (tertiary/aromatic N) is 1. The summed E-state index contributed by atoms with van der Waals surface area (Å²) in [4.78, 5) is 75.5. The van der Waals surface area contributed by atoms with Gasteiger partial charge in [0.05, 0.1) is 171 Å². The molecule has 1 unspecified atom stereocenters. The molecule has 3 N–H and O–H groups in total. The number of nitrogens with one attached hydrogen (secondary N) is 3. The summed E-state index contributed by atoms with van der Waals surface area (Å²) in [6.07, 6.45) is 2.76. The number of carbonyl (C=O) groups excluding carboxylic acids is 6. The van der Waals surface area contributed by atoms with Crippen LogP contribution in [0.5, 0.6) is 23.0 Å². The van der Waals surface area contributed by atoms with Crippen molar-refractivity contribution in [1.82, 2.24) is 20.9 Å². The third kappa shape index (κ3) is 26.8. The van der Waals surface area contributed by atoms with Gasteiger partial charge >= 0.3 is 0 Å². The molecule has 1 saturated heterocycles. The van der Waals surface area contributed by atoms with E-state index >= 15 is 0 Å². The fourth-order valence-electron chi connectivity index (χ4n) is 8.15. The largest absolute Gasteiger partial charge is 0.493 e. The SMILES string of the molecule is COc1ccc(CCCc2cccc(OCC(=O)NCCOCCOCCOCCOCCOCCOCCOCCOCCOCCOCCOCCNC(=O)COc3cccc4c3C(=O)N(C3CCC(=O)NC3=O)C4=O)c2)cc1OC. The summed E-state index contributed by atoms with van der Waals surface area (Å²) in [6, 6.07) is 17.1. The van der Waals surface area contributed by atoms with Crippen molar-refractivity contribution >= 4 is 35.4 Å². The third-order valence-corrected chi connectivity index (χ3v) is 12.3. The maximum atomic E-state index is 13.2. The Hall–Kier alpha value is -6.36. The summed E-state index contributed by atoms with van der Waals surface area (Å²) in [5, 5.41) is 7.61. The normalized spacial score (nSPS) is 14.0. The molecule has 3 aromatic rings. The molecule has 6 amide bonds. The number of methoxy groups -OCH3 is 2. The first-order valence-electron chi connectivity index (χ1n) is 28.0. The van der Waals surface area contributed by atoms with Gasteiger partial charge in [-0.1, -0.05) is 24.3 Å². The van der Waals surface area contributed by atoms with E-state index in [2.05, 4.69) is 22.0 Å². The van der Waals surface area contributed by atoms with Crippen LogP contribution in [0.1, 0.15) is 51.1 Å². The molecule has 0 aromatic heterocycles. The maximum Gasteiger partial charge on any atom is 0.266 e. The molecule has 25 nitrogen and oxygen atoms in total. The van der Waals surface area contributed by atoms with Crippen LogP contribution in [-0.4, -0.2) is 232 Å². The smallest absolute Gasteiger partial charge is 0.266 e. The van der Waals surface area contributed by atoms with Crippen molar-refractivity contribution in [3.05, 3.63) is 82.9 Å². The lowest BCUT2D eigenvalue weighted by Crippen LogP contribution is -2.54. The Labute approximate surface area is 484 Å². The molecule has 2 aliphatic rings. The Morgan fingerprint density at radius 3 is 1.41 bits per heavy atom. The van der Waals surface area contributed by atoms with Gasteiger partial charge in [-0.2, -0.15) is 0 Å². The van der Waals surface area contributed by atoms with E-state index < -0.39 is 42.2 Å². The predicted molar refractivity (Wildman–Crippen MR) is 297 cm³/mol. The molecule has 0 spiro atoms. The Morgan fingerprint density at radius 2 is 0.940 bits per heavy atom. The van der Waals surface area contributed by atoms with Crippen LogP contribution in [0.25, 0.3) is 0 Å². The Kier molecular flexibility index (Phi) is 33.8. The molecule has 2 aliphatic heterocycles. The molecule has 83 heavy (non-hydrogen) atoms. The third-order valence-electron chi connectivity index (χ3n) is 12.3. The molecule has 0 aliphatic carbocycles. The minimum Gasteiger partial charge on any atom is -0.493 e. The lowest BCUT2D eigenvalue weighted by Gasteiger charge is -2.27. The Bertz CT molecular complexity index is 2400. The molecule has 5 rings (SSSR count). The zero-order chi connectivity index (χ0) is 59.0. The van der Waals surface area contributed by atoms with Crippen LogP contribution in [0.4, 0.5) is 0 Å². The van der Waals surface area contributed by atoms with Crippen molar-refractivity contribution in [2.45, 2.75) is 38.1 Å². The van der Waals surface area contributed by atoms with Crippen molar-refractivity contribution in [3.8, 4) is 23.0 Å². The van der Waals surface area contributed by atoms with Crippen LogP contribution in [-0.2, 0) is 84.1 Å². The highest BCUT2D eigenvalue weighted by molar-refractivity contribution is 6.24. The molecular formula is C58H82N4O21. The molecule has 0 saturated carbocycles. The predicted octanol–water partition coefficient (Wildman–Crippen LogP) is 2.15. The number of ether oxygens (including phenoxy) is 15. The zero-order valence-corrected chi connectivity index (χ0v) is 47.8. The van der Waals surface area contributed by atoms with Crippen molar-refractivity contribution in [2.24, 2.45) is 0 Å². The molecule has 3 aromatic carbocycles. The van der Waals surface area contributed by atoms with Gasteiger partial charge in [0, 0.05) is 19.5 Å². The van der Waals surface area contributed by atoms with Crippen LogP contribution >= 0.6 is 0 Å². The van der Waals surface area contributed by atoms with E-state index in [1.807, 2.05) is 36.4 Å². The number of imide groups is 2. The number of hydrogen-bond donors (Lipinski definition) is 3. The summed E-state index contributed by atoms with van der Waals surface area (Å²) < 4.78 is 82.7. The van der Waals surface area contributed by atoms with E-state index in [4.69, 9.17) is 71.1 Å². The Balaban J connectivity index is 0.676. The standard InChI is InChI=1S/C58H82N4O21/c1-69-49-14-12-45(41-51(49)70-2)7-3-6-44-8-4-9-46(40-44)82-42-53(64)59-16-18-71-20-22-73-24-26-75-28-30-77-32-34-79-36-38-81-39-37-80-35-33-78-31-29-76-27-25-74-23-21-72-19-17-60-54(65)43-83-50-11-5-10-47-55(50)58(68)62(57(47)67)48-13-15-52(63)61-56(48)66/h4-5,8-12,14,40-41,48H,3,6-7,13,15-39,42-43H2,1-2H3,(H,59,64)(H,60,65)(H,61,63,66). The molecule has 460 valence electrons. The molecule has 1 atom stereocenters. The van der Waals surface area contributed by atoms with E-state index in [0.717, 1.165) is 35.5 Å². The lowest BCUT2D eigenvalue weighted by molar-refractivity contribution is -0.136. The van der Waals surface area contributed by atoms with Crippen molar-refractivity contribution in [1.29, 1.82) is 0 Å². The monoisotopic (exact) mass is 1170 g/mol. The number of amides is 6. The fraction of sp³-hybridized carbons (Fsp3) is 0.586. The number of fused-ring (bicyclic) bond motifs is 1. The summed E-state index contributed by atoms with van der Waals surface area (Å²) in [5.41, 5.74) is 2.34. The highest BCUT2D eigenvalue weighted by atomic mass is 16.6. The summed E-state index contributed by atoms with van der Waals surface area (Å²) >= 11 is 0. The van der Waals surface area contributed by atoms with Gasteiger partial charge in [-0.15, -0.1) is 0 Å². The molecule has 25 heteroatoms. The first kappa shape index (κ1) is 67.4. The topological polar surface area (TPSA) is 280 Å². The van der Waals surface area contributed by atoms with Crippen LogP contribution < -0.4 is 34.9 Å². The quantitative estimate of drug-likeness (QED) is 0.0539. The zero-order valence-electron chi connectivity index (χ0n) is 47.8. The fourth-order valence-corrected chi connectivity index (χ4v) is 8.15. The van der Waals surface area contributed by atoms with E-state index in [-0.39, 0.29) is 55.4 Å². The first-order valence-corrected chi connectivity index (χ1v) is 28.0. The summed E-state index contributed by atoms with van der Waals surface area (Å²) in [7, 11) is 3.26. The minimum absolute atomic E-state index is 0.00411. The van der Waals surface area contributed by atoms with Crippen LogP contribution in [0, 0.1) is 0 Å². The van der Waals surface area contributed by atoms with Gasteiger partial charge in [0.1, 0.15) is 17.5 Å². The molecular weight excluding hydrogens is 1090 g/mol. The van der Waals surface area contributed by atoms with Crippen molar-refractivity contribution < 1.29 is 99.8 Å². The van der Waals surface area contributed by atoms with Gasteiger partial charge in [-0.3, -0.25) is 39.0 Å². The number of carbonyl (C=O) groups is 6. The Morgan fingerprint density at radius 1 is 0.494 bits per heavy atom. The highest BCUT2D eigenvalue weighted by Crippen LogP contribution is 2.34. The molecule has 0 radical (unpaired) electrons. The van der Waals surface area contributed by atoms with Crippen LogP contribution in [0.2, 0.25) is 0 Å². The van der Waals surface area contributed by atoms with Gasteiger partial charge in [-0.05, 0) is 73.2 Å². The molecule has 2 heterocycles. The van der Waals surface area contributed by atoms with Crippen molar-refractivity contribution in [2.75, 3.05) is 186 Å². The van der Waals surface area contributed by atoms with Gasteiger partial charge in [0.2, 0.25) is 11.8 Å². The van der Waals surface area contributed by atoms with E-state index in [1.54, 1.807) is 14.2 Å². The first-order chi connectivity index (χ1) is 40.7. The molecule has 0 bridgehead atoms. The number of piperidine rings is 1. The average molecular weight is 1170 g/mol. The molecule has 1 fully saturated rings. The van der Waals surface area contributed by atoms with E-state index in [1.165, 1.54) is 23.8 Å². The second-order valence-electron chi connectivity index (χ2n) is 18.3. The van der Waals surface area contributed by atoms with Crippen molar-refractivity contribution in [3.63, 3.8) is 0 Å². The van der Waals surface area contributed by atoms with E-state index in [9.17, 15) is 28.8 Å². The minimum atomic E-state index is -1.11. The van der Waals surface area contributed by atoms with Crippen LogP contribution in [0.3, 0.4) is 0 Å². The lowest BCUT2D eigenvalue weighted by atomic mass is 10.0. The van der Waals surface area contributed by atoms with Gasteiger partial charge in [0.25, 0.3) is 23.6 Å². The van der Waals surface area contributed by atoms with Gasteiger partial charge in [0.15, 0.2) is 24.7 Å². The van der Waals surface area contributed by atoms with Crippen LogP contribution in [0.15, 0.2) is 60.7 Å². The second kappa shape index (κ2) is 41.6. The average Bonchev–Trinajstić information content (AvgIpc) is 2.43. The maximum absolute atomic E-state index is 13.2. The highest BCUT2D eigenvalue weighted by Gasteiger charge is 2.46. The number of hydrogen-bond acceptors (Lipinski definition) is 21. The number of benzene rings is 3. The number of rotatable bonds is 49. The second-order valence-corrected chi connectivity index (χ2v) is 18.3. The van der Waals surface area contributed by atoms with E-state index in [0.29, 0.717) is 157 Å².